The fourth-order valence-corrected chi connectivity index (χ4v) is 3.63. The largest absolute Gasteiger partial charge is 0.434 e. The maximum atomic E-state index is 12.6. The third-order valence-corrected chi connectivity index (χ3v) is 5.08. The van der Waals surface area contributed by atoms with E-state index in [-0.39, 0.29) is 0 Å². The van der Waals surface area contributed by atoms with E-state index in [0.29, 0.717) is 37.0 Å². The summed E-state index contributed by atoms with van der Waals surface area (Å²) in [6.07, 6.45) is -4.00. The summed E-state index contributed by atoms with van der Waals surface area (Å²) in [4.78, 5) is 12.3. The molecule has 0 atom stereocenters. The van der Waals surface area contributed by atoms with E-state index in [1.807, 2.05) is 31.2 Å². The molecule has 0 fully saturated rings. The van der Waals surface area contributed by atoms with Gasteiger partial charge in [0.15, 0.2) is 11.7 Å². The predicted molar refractivity (Wildman–Crippen MR) is 105 cm³/mol. The molecule has 28 heavy (non-hydrogen) atoms. The quantitative estimate of drug-likeness (QED) is 0.484. The second kappa shape index (κ2) is 8.59. The lowest BCUT2D eigenvalue weighted by Gasteiger charge is -2.13. The molecule has 2 heterocycles. The topological polar surface area (TPSA) is 67.1 Å². The van der Waals surface area contributed by atoms with Crippen molar-refractivity contribution in [2.24, 2.45) is 4.99 Å². The van der Waals surface area contributed by atoms with E-state index in [1.54, 1.807) is 7.05 Å². The van der Waals surface area contributed by atoms with Gasteiger partial charge in [-0.1, -0.05) is 12.1 Å². The number of aromatic nitrogens is 3. The average molecular weight is 410 g/mol. The zero-order chi connectivity index (χ0) is 20.1. The summed E-state index contributed by atoms with van der Waals surface area (Å²) in [6.45, 7) is 3.76. The van der Waals surface area contributed by atoms with Gasteiger partial charge in [0.25, 0.3) is 0 Å². The van der Waals surface area contributed by atoms with Gasteiger partial charge in [-0.25, -0.2) is 9.97 Å². The van der Waals surface area contributed by atoms with Crippen LogP contribution >= 0.6 is 11.3 Å². The van der Waals surface area contributed by atoms with E-state index >= 15 is 0 Å². The average Bonchev–Trinajstić information content (AvgIpc) is 3.25. The number of guanidine groups is 1. The molecule has 1 aromatic carbocycles. The highest BCUT2D eigenvalue weighted by Gasteiger charge is 2.33. The summed E-state index contributed by atoms with van der Waals surface area (Å²) < 4.78 is 39.9. The van der Waals surface area contributed by atoms with Crippen LogP contribution in [0.5, 0.6) is 0 Å². The molecule has 0 aliphatic heterocycles. The zero-order valence-electron chi connectivity index (χ0n) is 15.5. The minimum Gasteiger partial charge on any atom is -0.356 e. The molecule has 150 valence electrons. The molecule has 2 aromatic heterocycles. The van der Waals surface area contributed by atoms with Crippen molar-refractivity contribution in [3.63, 3.8) is 0 Å². The van der Waals surface area contributed by atoms with Crippen LogP contribution in [-0.4, -0.2) is 40.6 Å². The minimum absolute atomic E-state index is 0.396. The predicted octanol–water partition coefficient (Wildman–Crippen LogP) is 3.23. The molecule has 0 radical (unpaired) electrons. The molecule has 0 spiro atoms. The van der Waals surface area contributed by atoms with Gasteiger partial charge in [0, 0.05) is 38.5 Å². The number of hydrogen-bond donors (Lipinski definition) is 2. The van der Waals surface area contributed by atoms with Gasteiger partial charge < -0.3 is 15.2 Å². The van der Waals surface area contributed by atoms with Crippen LogP contribution in [0.4, 0.5) is 13.2 Å². The van der Waals surface area contributed by atoms with Crippen molar-refractivity contribution in [2.45, 2.75) is 26.1 Å². The second-order valence-corrected chi connectivity index (χ2v) is 7.04. The Kier molecular flexibility index (Phi) is 6.18. The Morgan fingerprint density at radius 2 is 1.93 bits per heavy atom. The summed E-state index contributed by atoms with van der Waals surface area (Å²) in [5, 5.41) is 7.79. The van der Waals surface area contributed by atoms with Crippen molar-refractivity contribution in [1.82, 2.24) is 25.2 Å². The molecule has 0 aliphatic carbocycles. The fourth-order valence-electron chi connectivity index (χ4n) is 2.83. The molecule has 0 unspecified atom stereocenters. The molecule has 6 nitrogen and oxygen atoms in total. The normalized spacial score (nSPS) is 12.5. The summed E-state index contributed by atoms with van der Waals surface area (Å²) in [6, 6.07) is 7.96. The Labute approximate surface area is 164 Å². The Hall–Kier alpha value is -2.62. The van der Waals surface area contributed by atoms with Crippen LogP contribution in [0.25, 0.3) is 11.0 Å². The van der Waals surface area contributed by atoms with Crippen molar-refractivity contribution in [3.8, 4) is 0 Å². The van der Waals surface area contributed by atoms with E-state index in [1.165, 1.54) is 0 Å². The fraction of sp³-hybridized carbons (Fsp3) is 0.389. The van der Waals surface area contributed by atoms with Gasteiger partial charge in [0.1, 0.15) is 5.82 Å². The number of nitrogens with one attached hydrogen (secondary N) is 2. The first-order valence-corrected chi connectivity index (χ1v) is 9.64. The Bertz CT molecular complexity index is 960. The van der Waals surface area contributed by atoms with Gasteiger partial charge in [0.05, 0.1) is 16.0 Å². The first-order valence-electron chi connectivity index (χ1n) is 8.76. The first kappa shape index (κ1) is 20.1. The number of nitrogens with zero attached hydrogens (tertiary/aromatic N) is 4. The van der Waals surface area contributed by atoms with Crippen LogP contribution in [-0.2, 0) is 19.1 Å². The number of hydrogen-bond acceptors (Lipinski definition) is 4. The van der Waals surface area contributed by atoms with Gasteiger partial charge in [-0.05, 0) is 19.1 Å². The molecule has 0 amide bonds. The van der Waals surface area contributed by atoms with Crippen LogP contribution in [0.1, 0.15) is 16.5 Å². The smallest absolute Gasteiger partial charge is 0.356 e. The number of alkyl halides is 3. The standard InChI is InChI=1S/C18H21F3N6S/c1-12-25-13-5-3-4-6-14(13)27(12)10-9-24-17(22-2)23-8-7-16-26-15(11-28-16)18(19,20)21/h3-6,11H,7-10H2,1-2H3,(H2,22,23,24). The molecule has 2 N–H and O–H groups in total. The minimum atomic E-state index is -4.39. The van der Waals surface area contributed by atoms with Crippen molar-refractivity contribution in [3.05, 3.63) is 46.2 Å². The SMILES string of the molecule is CN=C(NCCc1nc(C(F)(F)F)cs1)NCCn1c(C)nc2ccccc21. The Balaban J connectivity index is 1.47. The maximum Gasteiger partial charge on any atom is 0.434 e. The summed E-state index contributed by atoms with van der Waals surface area (Å²) in [5.41, 5.74) is 1.20. The summed E-state index contributed by atoms with van der Waals surface area (Å²) >= 11 is 1.01. The van der Waals surface area contributed by atoms with E-state index in [4.69, 9.17) is 0 Å². The molecule has 0 aliphatic rings. The highest BCUT2D eigenvalue weighted by Crippen LogP contribution is 2.30. The van der Waals surface area contributed by atoms with Crippen LogP contribution in [0.2, 0.25) is 0 Å². The van der Waals surface area contributed by atoms with Crippen LogP contribution in [0.3, 0.4) is 0 Å². The molecule has 0 bridgehead atoms. The van der Waals surface area contributed by atoms with E-state index in [0.717, 1.165) is 33.6 Å². The second-order valence-electron chi connectivity index (χ2n) is 6.10. The van der Waals surface area contributed by atoms with Crippen molar-refractivity contribution < 1.29 is 13.2 Å². The molecule has 0 saturated carbocycles. The number of para-hydroxylation sites is 2. The Morgan fingerprint density at radius 3 is 2.64 bits per heavy atom. The van der Waals surface area contributed by atoms with Crippen molar-refractivity contribution in [2.75, 3.05) is 20.1 Å². The monoisotopic (exact) mass is 410 g/mol. The molecule has 0 saturated heterocycles. The summed E-state index contributed by atoms with van der Waals surface area (Å²) in [7, 11) is 1.65. The van der Waals surface area contributed by atoms with Gasteiger partial charge in [-0.15, -0.1) is 11.3 Å². The molecular weight excluding hydrogens is 389 g/mol. The van der Waals surface area contributed by atoms with Crippen LogP contribution in [0, 0.1) is 6.92 Å². The number of benzene rings is 1. The van der Waals surface area contributed by atoms with Gasteiger partial charge in [-0.3, -0.25) is 4.99 Å². The van der Waals surface area contributed by atoms with E-state index in [2.05, 4.69) is 30.2 Å². The molecule has 10 heteroatoms. The number of imidazole rings is 1. The first-order chi connectivity index (χ1) is 13.4. The Morgan fingerprint density at radius 1 is 1.18 bits per heavy atom. The lowest BCUT2D eigenvalue weighted by atomic mass is 10.3. The molecule has 3 aromatic rings. The number of aryl methyl sites for hydroxylation is 1. The van der Waals surface area contributed by atoms with E-state index < -0.39 is 11.9 Å². The summed E-state index contributed by atoms with van der Waals surface area (Å²) in [5.74, 6) is 1.53. The van der Waals surface area contributed by atoms with Crippen LogP contribution in [0.15, 0.2) is 34.6 Å². The lowest BCUT2D eigenvalue weighted by molar-refractivity contribution is -0.140. The number of thiazole rings is 1. The van der Waals surface area contributed by atoms with Crippen molar-refractivity contribution >= 4 is 28.3 Å². The number of rotatable bonds is 6. The molecule has 3 rings (SSSR count). The van der Waals surface area contributed by atoms with Crippen LogP contribution < -0.4 is 10.6 Å². The van der Waals surface area contributed by atoms with E-state index in [9.17, 15) is 13.2 Å². The maximum absolute atomic E-state index is 12.6. The number of fused-ring (bicyclic) bond motifs is 1. The van der Waals surface area contributed by atoms with Crippen molar-refractivity contribution in [1.29, 1.82) is 0 Å². The number of aliphatic imine (C=N–C) groups is 1. The zero-order valence-corrected chi connectivity index (χ0v) is 16.4. The third kappa shape index (κ3) is 4.80. The third-order valence-electron chi connectivity index (χ3n) is 4.17. The van der Waals surface area contributed by atoms with Gasteiger partial charge >= 0.3 is 6.18 Å². The number of halogens is 3. The highest BCUT2D eigenvalue weighted by atomic mass is 32.1. The molecular formula is C18H21F3N6S. The van der Waals surface area contributed by atoms with Gasteiger partial charge in [-0.2, -0.15) is 13.2 Å². The van der Waals surface area contributed by atoms with Gasteiger partial charge in [0.2, 0.25) is 0 Å². The lowest BCUT2D eigenvalue weighted by Crippen LogP contribution is -2.39. The highest BCUT2D eigenvalue weighted by molar-refractivity contribution is 7.09.